The van der Waals surface area contributed by atoms with Crippen LogP contribution in [0.2, 0.25) is 0 Å². The topological polar surface area (TPSA) is 112 Å². The summed E-state index contributed by atoms with van der Waals surface area (Å²) in [5.74, 6) is -3.68. The number of alkyl halides is 5. The number of anilines is 2. The Hall–Kier alpha value is -4.40. The minimum Gasteiger partial charge on any atom is -0.468 e. The number of aromatic amines is 1. The standard InChI is InChI=1S/C28H27F5N8O2/c1-16(40-6-8-41(9-7-40)25(42)19-13-27(19,29)30)17-4-5-34-23(11-17)39-26-37-20-3-2-18(10-22(20)38-26)21-12-24(36-15-35-21)43-14-28(31,32)33/h2-5,10-12,15-16,19H,6-9,13-14H2,1H3,(H2,34,37,38,39). The number of carbonyl (C=O) groups excluding carboxylic acids is 1. The maximum absolute atomic E-state index is 13.3. The number of hydrogen-bond donors (Lipinski definition) is 2. The summed E-state index contributed by atoms with van der Waals surface area (Å²) in [7, 11) is 0. The summed E-state index contributed by atoms with van der Waals surface area (Å²) < 4.78 is 68.9. The highest BCUT2D eigenvalue weighted by Gasteiger charge is 2.62. The van der Waals surface area contributed by atoms with E-state index in [0.29, 0.717) is 60.2 Å². The van der Waals surface area contributed by atoms with Crippen LogP contribution in [-0.2, 0) is 4.79 Å². The number of benzene rings is 1. The fourth-order valence-electron chi connectivity index (χ4n) is 5.10. The summed E-state index contributed by atoms with van der Waals surface area (Å²) in [4.78, 5) is 36.0. The zero-order chi connectivity index (χ0) is 30.4. The Kier molecular flexibility index (Phi) is 7.36. The fraction of sp³-hybridized carbons (Fsp3) is 0.393. The van der Waals surface area contributed by atoms with Gasteiger partial charge >= 0.3 is 6.18 Å². The first-order valence-electron chi connectivity index (χ1n) is 13.6. The summed E-state index contributed by atoms with van der Waals surface area (Å²) in [6.07, 6.45) is -2.02. The Balaban J connectivity index is 1.10. The van der Waals surface area contributed by atoms with Crippen molar-refractivity contribution in [3.63, 3.8) is 0 Å². The number of carbonyl (C=O) groups is 1. The molecule has 226 valence electrons. The molecule has 2 atom stereocenters. The number of H-pyrrole nitrogens is 1. The van der Waals surface area contributed by atoms with Crippen molar-refractivity contribution in [3.05, 3.63) is 54.5 Å². The Labute approximate surface area is 242 Å². The van der Waals surface area contributed by atoms with Crippen LogP contribution in [0.5, 0.6) is 5.88 Å². The van der Waals surface area contributed by atoms with Gasteiger partial charge in [0.15, 0.2) is 6.61 Å². The molecule has 0 bridgehead atoms. The number of nitrogens with one attached hydrogen (secondary N) is 2. The second kappa shape index (κ2) is 11.0. The Morgan fingerprint density at radius 3 is 2.60 bits per heavy atom. The number of imidazole rings is 1. The monoisotopic (exact) mass is 602 g/mol. The number of amides is 1. The lowest BCUT2D eigenvalue weighted by Crippen LogP contribution is -2.50. The summed E-state index contributed by atoms with van der Waals surface area (Å²) in [5.41, 5.74) is 3.31. The molecule has 2 unspecified atom stereocenters. The van der Waals surface area contributed by atoms with Crippen LogP contribution in [0.4, 0.5) is 33.7 Å². The molecule has 2 fully saturated rings. The van der Waals surface area contributed by atoms with Crippen LogP contribution in [0.1, 0.15) is 24.9 Å². The van der Waals surface area contributed by atoms with Gasteiger partial charge in [-0.1, -0.05) is 6.07 Å². The van der Waals surface area contributed by atoms with Crippen LogP contribution in [-0.4, -0.2) is 85.5 Å². The number of pyridine rings is 1. The van der Waals surface area contributed by atoms with E-state index in [4.69, 9.17) is 4.74 Å². The van der Waals surface area contributed by atoms with Gasteiger partial charge in [0.25, 0.3) is 5.92 Å². The lowest BCUT2D eigenvalue weighted by Gasteiger charge is -2.38. The van der Waals surface area contributed by atoms with Crippen molar-refractivity contribution in [1.29, 1.82) is 0 Å². The van der Waals surface area contributed by atoms with Crippen molar-refractivity contribution in [3.8, 4) is 17.1 Å². The van der Waals surface area contributed by atoms with Crippen LogP contribution in [0.15, 0.2) is 48.9 Å². The van der Waals surface area contributed by atoms with Crippen LogP contribution in [0, 0.1) is 5.92 Å². The third-order valence-electron chi connectivity index (χ3n) is 7.61. The van der Waals surface area contributed by atoms with Crippen molar-refractivity contribution in [1.82, 2.24) is 34.7 Å². The van der Waals surface area contributed by atoms with Gasteiger partial charge in [-0.3, -0.25) is 9.69 Å². The molecule has 10 nitrogen and oxygen atoms in total. The van der Waals surface area contributed by atoms with Gasteiger partial charge in [0.05, 0.1) is 16.7 Å². The van der Waals surface area contributed by atoms with Gasteiger partial charge in [-0.05, 0) is 36.8 Å². The smallest absolute Gasteiger partial charge is 0.422 e. The molecule has 1 aromatic carbocycles. The SMILES string of the molecule is CC(c1ccnc(Nc2nc3ccc(-c4cc(OCC(F)(F)F)ncn4)cc3[nH]2)c1)N1CCN(C(=O)C2CC2(F)F)CC1. The Bertz CT molecular complexity index is 1640. The van der Waals surface area contributed by atoms with Crippen molar-refractivity contribution in [2.45, 2.75) is 31.5 Å². The van der Waals surface area contributed by atoms with Gasteiger partial charge in [0, 0.05) is 56.5 Å². The lowest BCUT2D eigenvalue weighted by atomic mass is 10.1. The first-order chi connectivity index (χ1) is 20.4. The van der Waals surface area contributed by atoms with E-state index in [-0.39, 0.29) is 18.3 Å². The minimum absolute atomic E-state index is 0.000681. The number of rotatable bonds is 8. The Morgan fingerprint density at radius 2 is 1.88 bits per heavy atom. The second-order valence-electron chi connectivity index (χ2n) is 10.6. The van der Waals surface area contributed by atoms with E-state index >= 15 is 0 Å². The highest BCUT2D eigenvalue weighted by molar-refractivity contribution is 5.84. The van der Waals surface area contributed by atoms with Crippen molar-refractivity contribution in [2.75, 3.05) is 38.1 Å². The molecule has 2 aliphatic rings. The van der Waals surface area contributed by atoms with Crippen LogP contribution >= 0.6 is 0 Å². The molecule has 1 amide bonds. The van der Waals surface area contributed by atoms with Crippen molar-refractivity contribution >= 4 is 28.7 Å². The van der Waals surface area contributed by atoms with Gasteiger partial charge in [-0.2, -0.15) is 13.2 Å². The van der Waals surface area contributed by atoms with E-state index in [1.807, 2.05) is 19.1 Å². The molecule has 0 spiro atoms. The van der Waals surface area contributed by atoms with Gasteiger partial charge in [0.1, 0.15) is 18.1 Å². The minimum atomic E-state index is -4.48. The maximum Gasteiger partial charge on any atom is 0.422 e. The molecule has 4 aromatic rings. The first kappa shape index (κ1) is 28.7. The molecule has 2 N–H and O–H groups in total. The second-order valence-corrected chi connectivity index (χ2v) is 10.6. The largest absolute Gasteiger partial charge is 0.468 e. The van der Waals surface area contributed by atoms with Gasteiger partial charge in [-0.25, -0.2) is 28.7 Å². The van der Waals surface area contributed by atoms with Crippen LogP contribution in [0.25, 0.3) is 22.3 Å². The molecule has 43 heavy (non-hydrogen) atoms. The molecule has 1 aliphatic heterocycles. The summed E-state index contributed by atoms with van der Waals surface area (Å²) in [6.45, 7) is 2.55. The molecule has 15 heteroatoms. The number of nitrogens with zero attached hydrogens (tertiary/aromatic N) is 6. The lowest BCUT2D eigenvalue weighted by molar-refractivity contribution is -0.154. The van der Waals surface area contributed by atoms with E-state index in [1.54, 1.807) is 24.4 Å². The third-order valence-corrected chi connectivity index (χ3v) is 7.61. The molecule has 4 heterocycles. The number of halogens is 5. The molecule has 6 rings (SSSR count). The molecule has 1 saturated carbocycles. The number of ether oxygens (including phenoxy) is 1. The summed E-state index contributed by atoms with van der Waals surface area (Å²) >= 11 is 0. The molecular weight excluding hydrogens is 575 g/mol. The third kappa shape index (κ3) is 6.50. The van der Waals surface area contributed by atoms with Gasteiger partial charge in [0.2, 0.25) is 17.7 Å². The number of fused-ring (bicyclic) bond motifs is 1. The molecule has 1 saturated heterocycles. The van der Waals surface area contributed by atoms with E-state index in [0.717, 1.165) is 11.9 Å². The summed E-state index contributed by atoms with van der Waals surface area (Å²) in [5, 5.41) is 3.17. The highest BCUT2D eigenvalue weighted by Crippen LogP contribution is 2.49. The predicted molar refractivity (Wildman–Crippen MR) is 146 cm³/mol. The van der Waals surface area contributed by atoms with E-state index < -0.39 is 30.5 Å². The van der Waals surface area contributed by atoms with Crippen molar-refractivity contribution < 1.29 is 31.5 Å². The number of piperazine rings is 1. The number of hydrogen-bond acceptors (Lipinski definition) is 8. The summed E-state index contributed by atoms with van der Waals surface area (Å²) in [6, 6.07) is 10.4. The fourth-order valence-corrected chi connectivity index (χ4v) is 5.10. The maximum atomic E-state index is 13.3. The average molecular weight is 603 g/mol. The highest BCUT2D eigenvalue weighted by atomic mass is 19.4. The van der Waals surface area contributed by atoms with Crippen LogP contribution in [0.3, 0.4) is 0 Å². The zero-order valence-corrected chi connectivity index (χ0v) is 22.9. The Morgan fingerprint density at radius 1 is 1.12 bits per heavy atom. The van der Waals surface area contributed by atoms with Gasteiger partial charge in [-0.15, -0.1) is 0 Å². The molecule has 0 radical (unpaired) electrons. The molecular formula is C28H27F5N8O2. The van der Waals surface area contributed by atoms with Gasteiger partial charge < -0.3 is 19.9 Å². The van der Waals surface area contributed by atoms with Crippen molar-refractivity contribution in [2.24, 2.45) is 5.92 Å². The average Bonchev–Trinajstić information content (AvgIpc) is 3.44. The van der Waals surface area contributed by atoms with E-state index in [2.05, 4.69) is 35.1 Å². The number of aromatic nitrogens is 5. The predicted octanol–water partition coefficient (Wildman–Crippen LogP) is 4.96. The van der Waals surface area contributed by atoms with E-state index in [1.165, 1.54) is 11.0 Å². The first-order valence-corrected chi connectivity index (χ1v) is 13.6. The normalized spacial score (nSPS) is 19.3. The van der Waals surface area contributed by atoms with Crippen LogP contribution < -0.4 is 10.1 Å². The molecule has 1 aliphatic carbocycles. The quantitative estimate of drug-likeness (QED) is 0.272. The zero-order valence-electron chi connectivity index (χ0n) is 22.9. The van der Waals surface area contributed by atoms with E-state index in [9.17, 15) is 26.7 Å². The molecule has 3 aromatic heterocycles.